The Morgan fingerprint density at radius 2 is 2.35 bits per heavy atom. The third-order valence-electron chi connectivity index (χ3n) is 2.90. The summed E-state index contributed by atoms with van der Waals surface area (Å²) >= 11 is 1.66. The molecule has 0 atom stereocenters. The van der Waals surface area contributed by atoms with Crippen molar-refractivity contribution in [1.29, 1.82) is 0 Å². The van der Waals surface area contributed by atoms with E-state index in [2.05, 4.69) is 22.5 Å². The quantitative estimate of drug-likeness (QED) is 0.792. The maximum atomic E-state index is 11.8. The monoisotopic (exact) mass is 251 g/mol. The molecule has 0 saturated carbocycles. The molecular weight excluding hydrogens is 234 g/mol. The van der Waals surface area contributed by atoms with Crippen LogP contribution in [-0.2, 0) is 17.8 Å². The van der Waals surface area contributed by atoms with Gasteiger partial charge in [-0.05, 0) is 18.9 Å². The fourth-order valence-corrected chi connectivity index (χ4v) is 2.36. The van der Waals surface area contributed by atoms with E-state index in [0.29, 0.717) is 6.54 Å². The van der Waals surface area contributed by atoms with Crippen LogP contribution in [0.15, 0.2) is 17.3 Å². The number of carbonyl (C=O) groups is 1. The minimum absolute atomic E-state index is 0.0229. The van der Waals surface area contributed by atoms with Gasteiger partial charge in [0.15, 0.2) is 0 Å². The summed E-state index contributed by atoms with van der Waals surface area (Å²) in [6.07, 6.45) is 2.88. The molecule has 0 aliphatic carbocycles. The molecule has 1 fully saturated rings. The minimum Gasteiger partial charge on any atom is -0.346 e. The molecule has 5 heteroatoms. The number of aromatic nitrogens is 1. The van der Waals surface area contributed by atoms with Crippen LogP contribution in [0.4, 0.5) is 0 Å². The number of rotatable bonds is 4. The van der Waals surface area contributed by atoms with Crippen molar-refractivity contribution in [2.75, 3.05) is 13.1 Å². The molecule has 17 heavy (non-hydrogen) atoms. The molecule has 1 aromatic heterocycles. The molecule has 1 saturated heterocycles. The van der Waals surface area contributed by atoms with Gasteiger partial charge in [-0.25, -0.2) is 4.98 Å². The van der Waals surface area contributed by atoms with Crippen molar-refractivity contribution in [3.05, 3.63) is 27.2 Å². The van der Waals surface area contributed by atoms with Gasteiger partial charge in [-0.3, -0.25) is 4.79 Å². The summed E-state index contributed by atoms with van der Waals surface area (Å²) in [5.74, 6) is 0.0229. The van der Waals surface area contributed by atoms with Crippen LogP contribution in [0.3, 0.4) is 0 Å². The molecule has 1 aliphatic heterocycles. The van der Waals surface area contributed by atoms with Crippen molar-refractivity contribution in [1.82, 2.24) is 15.6 Å². The number of thiazole rings is 1. The lowest BCUT2D eigenvalue weighted by molar-refractivity contribution is -0.117. The summed E-state index contributed by atoms with van der Waals surface area (Å²) in [6.45, 7) is 6.20. The van der Waals surface area contributed by atoms with Gasteiger partial charge < -0.3 is 10.6 Å². The molecule has 92 valence electrons. The van der Waals surface area contributed by atoms with E-state index in [1.165, 1.54) is 10.5 Å². The number of nitrogens with zero attached hydrogens (tertiary/aromatic N) is 1. The molecule has 1 aromatic rings. The van der Waals surface area contributed by atoms with Crippen molar-refractivity contribution in [3.8, 4) is 0 Å². The van der Waals surface area contributed by atoms with Crippen molar-refractivity contribution >= 4 is 17.2 Å². The molecular formula is C12H17N3OS. The van der Waals surface area contributed by atoms with Gasteiger partial charge in [0.25, 0.3) is 0 Å². The number of carbonyl (C=O) groups excluding carboxylic acids is 1. The van der Waals surface area contributed by atoms with E-state index in [4.69, 9.17) is 0 Å². The number of nitrogens with one attached hydrogen (secondary N) is 2. The lowest BCUT2D eigenvalue weighted by Crippen LogP contribution is -2.37. The van der Waals surface area contributed by atoms with Crippen molar-refractivity contribution in [2.45, 2.75) is 26.8 Å². The minimum atomic E-state index is 0.0229. The van der Waals surface area contributed by atoms with Gasteiger partial charge in [0.2, 0.25) is 5.91 Å². The van der Waals surface area contributed by atoms with Gasteiger partial charge in [-0.2, -0.15) is 0 Å². The summed E-state index contributed by atoms with van der Waals surface area (Å²) in [5.41, 5.74) is 2.05. The van der Waals surface area contributed by atoms with E-state index >= 15 is 0 Å². The van der Waals surface area contributed by atoms with Gasteiger partial charge in [0.1, 0.15) is 5.01 Å². The smallest absolute Gasteiger partial charge is 0.247 e. The highest BCUT2D eigenvalue weighted by Crippen LogP contribution is 2.13. The molecule has 1 amide bonds. The van der Waals surface area contributed by atoms with E-state index in [1.807, 2.05) is 13.1 Å². The van der Waals surface area contributed by atoms with Crippen LogP contribution >= 0.6 is 11.3 Å². The van der Waals surface area contributed by atoms with E-state index in [-0.39, 0.29) is 5.91 Å². The lowest BCUT2D eigenvalue weighted by atomic mass is 10.0. The number of aryl methyl sites for hydroxylation is 1. The molecule has 0 bridgehead atoms. The second kappa shape index (κ2) is 5.42. The topological polar surface area (TPSA) is 54.0 Å². The summed E-state index contributed by atoms with van der Waals surface area (Å²) < 4.78 is 0. The van der Waals surface area contributed by atoms with E-state index < -0.39 is 0 Å². The Bertz CT molecular complexity index is 444. The molecule has 0 aromatic carbocycles. The normalized spacial score (nSPS) is 14.4. The first kappa shape index (κ1) is 12.3. The Morgan fingerprint density at radius 3 is 2.88 bits per heavy atom. The van der Waals surface area contributed by atoms with Gasteiger partial charge in [0, 0.05) is 29.7 Å². The van der Waals surface area contributed by atoms with Crippen molar-refractivity contribution in [2.24, 2.45) is 0 Å². The molecule has 0 radical (unpaired) electrons. The highest BCUT2D eigenvalue weighted by Gasteiger charge is 2.15. The molecule has 0 spiro atoms. The van der Waals surface area contributed by atoms with Crippen LogP contribution in [0.25, 0.3) is 0 Å². The Kier molecular flexibility index (Phi) is 3.91. The lowest BCUT2D eigenvalue weighted by Gasteiger charge is -2.21. The van der Waals surface area contributed by atoms with E-state index in [9.17, 15) is 4.79 Å². The highest BCUT2D eigenvalue weighted by molar-refractivity contribution is 7.11. The maximum Gasteiger partial charge on any atom is 0.247 e. The van der Waals surface area contributed by atoms with Crippen molar-refractivity contribution in [3.63, 3.8) is 0 Å². The third-order valence-corrected chi connectivity index (χ3v) is 4.04. The fraction of sp³-hybridized carbons (Fsp3) is 0.500. The summed E-state index contributed by atoms with van der Waals surface area (Å²) in [6, 6.07) is 0. The van der Waals surface area contributed by atoms with Crippen LogP contribution in [0.2, 0.25) is 0 Å². The Balaban J connectivity index is 1.87. The summed E-state index contributed by atoms with van der Waals surface area (Å²) in [4.78, 5) is 17.3. The van der Waals surface area contributed by atoms with Crippen LogP contribution in [-0.4, -0.2) is 24.0 Å². The first-order chi connectivity index (χ1) is 8.20. The second-order valence-electron chi connectivity index (χ2n) is 4.09. The average Bonchev–Trinajstić information content (AvgIpc) is 2.71. The van der Waals surface area contributed by atoms with Gasteiger partial charge in [0.05, 0.1) is 6.54 Å². The zero-order valence-electron chi connectivity index (χ0n) is 10.2. The standard InChI is InChI=1S/C12H17N3OS/c1-3-10-6-14-11(17-10)7-15-12(16)8(2)9-4-13-5-9/h6,13H,3-5,7H2,1-2H3,(H,15,16). The SMILES string of the molecule is CCc1cnc(CNC(=O)C(C)=C2CNC2)s1. The number of hydrogen-bond donors (Lipinski definition) is 2. The molecule has 2 N–H and O–H groups in total. The van der Waals surface area contributed by atoms with Gasteiger partial charge in [-0.1, -0.05) is 6.92 Å². The van der Waals surface area contributed by atoms with Gasteiger partial charge >= 0.3 is 0 Å². The second-order valence-corrected chi connectivity index (χ2v) is 5.29. The number of amides is 1. The van der Waals surface area contributed by atoms with E-state index in [0.717, 1.165) is 30.1 Å². The van der Waals surface area contributed by atoms with Crippen LogP contribution in [0.5, 0.6) is 0 Å². The first-order valence-corrected chi connectivity index (χ1v) is 6.63. The first-order valence-electron chi connectivity index (χ1n) is 5.81. The predicted octanol–water partition coefficient (Wildman–Crippen LogP) is 1.24. The van der Waals surface area contributed by atoms with E-state index in [1.54, 1.807) is 11.3 Å². The Morgan fingerprint density at radius 1 is 1.59 bits per heavy atom. The molecule has 1 aliphatic rings. The van der Waals surface area contributed by atoms with Crippen molar-refractivity contribution < 1.29 is 4.79 Å². The third kappa shape index (κ3) is 2.92. The summed E-state index contributed by atoms with van der Waals surface area (Å²) in [7, 11) is 0. The molecule has 2 heterocycles. The predicted molar refractivity (Wildman–Crippen MR) is 68.9 cm³/mol. The average molecular weight is 251 g/mol. The Labute approximate surface area is 105 Å². The highest BCUT2D eigenvalue weighted by atomic mass is 32.1. The number of hydrogen-bond acceptors (Lipinski definition) is 4. The molecule has 4 nitrogen and oxygen atoms in total. The molecule has 0 unspecified atom stereocenters. The zero-order chi connectivity index (χ0) is 12.3. The molecule has 2 rings (SSSR count). The summed E-state index contributed by atoms with van der Waals surface area (Å²) in [5, 5.41) is 7.01. The van der Waals surface area contributed by atoms with Crippen LogP contribution in [0, 0.1) is 0 Å². The largest absolute Gasteiger partial charge is 0.346 e. The zero-order valence-corrected chi connectivity index (χ0v) is 11.0. The maximum absolute atomic E-state index is 11.8. The Hall–Kier alpha value is -1.20. The fourth-order valence-electron chi connectivity index (χ4n) is 1.56. The van der Waals surface area contributed by atoms with Crippen LogP contribution in [0.1, 0.15) is 23.7 Å². The van der Waals surface area contributed by atoms with Crippen LogP contribution < -0.4 is 10.6 Å². The van der Waals surface area contributed by atoms with Gasteiger partial charge in [-0.15, -0.1) is 11.3 Å².